The monoisotopic (exact) mass is 413 g/mol. The molecular formula is C21H17ClFN3O3. The van der Waals surface area contributed by atoms with Crippen LogP contribution in [0.3, 0.4) is 0 Å². The average Bonchev–Trinajstić information content (AvgIpc) is 2.73. The third-order valence-electron chi connectivity index (χ3n) is 4.13. The highest BCUT2D eigenvalue weighted by molar-refractivity contribution is 6.31. The van der Waals surface area contributed by atoms with Crippen molar-refractivity contribution in [2.75, 3.05) is 13.7 Å². The molecule has 148 valence electrons. The molecule has 2 aromatic heterocycles. The lowest BCUT2D eigenvalue weighted by Crippen LogP contribution is -2.30. The Morgan fingerprint density at radius 3 is 2.66 bits per heavy atom. The maximum atomic E-state index is 13.5. The number of hydrogen-bond donors (Lipinski definition) is 1. The number of pyridine rings is 2. The minimum Gasteiger partial charge on any atom is -0.494 e. The third kappa shape index (κ3) is 4.75. The van der Waals surface area contributed by atoms with Gasteiger partial charge in [-0.2, -0.15) is 0 Å². The molecule has 1 aromatic carbocycles. The van der Waals surface area contributed by atoms with E-state index < -0.39 is 5.82 Å². The largest absolute Gasteiger partial charge is 0.494 e. The smallest absolute Gasteiger partial charge is 0.251 e. The van der Waals surface area contributed by atoms with Crippen LogP contribution in [-0.4, -0.2) is 35.3 Å². The number of carbonyl (C=O) groups is 2. The molecule has 0 aliphatic rings. The van der Waals surface area contributed by atoms with Crippen LogP contribution in [0.2, 0.25) is 5.02 Å². The van der Waals surface area contributed by atoms with E-state index in [1.54, 1.807) is 25.1 Å². The van der Waals surface area contributed by atoms with E-state index in [1.807, 2.05) is 0 Å². The first-order valence-electron chi connectivity index (χ1n) is 8.63. The Kier molecular flexibility index (Phi) is 6.19. The first-order chi connectivity index (χ1) is 13.9. The first-order valence-corrected chi connectivity index (χ1v) is 9.01. The van der Waals surface area contributed by atoms with Crippen molar-refractivity contribution in [3.8, 4) is 17.0 Å². The van der Waals surface area contributed by atoms with Crippen LogP contribution in [0.25, 0.3) is 11.3 Å². The predicted octanol–water partition coefficient (Wildman–Crippen LogP) is 3.87. The molecule has 0 aliphatic heterocycles. The standard InChI is InChI=1S/C21H17ClFN3O3/c1-12-9-14(7-8-24-12)21(28)25-11-18(27)17-5-6-19(29-2)20(26-17)13-3-4-16(23)15(22)10-13/h3-10H,11H2,1-2H3,(H,25,28). The zero-order valence-corrected chi connectivity index (χ0v) is 16.5. The number of nitrogens with one attached hydrogen (secondary N) is 1. The van der Waals surface area contributed by atoms with E-state index in [2.05, 4.69) is 15.3 Å². The quantitative estimate of drug-likeness (QED) is 0.620. The molecule has 0 atom stereocenters. The molecule has 0 aliphatic carbocycles. The molecule has 0 bridgehead atoms. The van der Waals surface area contributed by atoms with Crippen molar-refractivity contribution in [2.24, 2.45) is 0 Å². The number of methoxy groups -OCH3 is 1. The Morgan fingerprint density at radius 1 is 1.17 bits per heavy atom. The van der Waals surface area contributed by atoms with Crippen molar-refractivity contribution in [1.82, 2.24) is 15.3 Å². The van der Waals surface area contributed by atoms with Crippen LogP contribution in [-0.2, 0) is 0 Å². The second-order valence-electron chi connectivity index (χ2n) is 6.17. The number of Topliss-reactive ketones (excluding diaryl/α,β-unsaturated/α-hetero) is 1. The number of benzene rings is 1. The molecule has 0 unspecified atom stereocenters. The van der Waals surface area contributed by atoms with Crippen LogP contribution in [0.5, 0.6) is 5.75 Å². The van der Waals surface area contributed by atoms with Gasteiger partial charge in [0, 0.05) is 23.0 Å². The van der Waals surface area contributed by atoms with E-state index in [4.69, 9.17) is 16.3 Å². The number of ether oxygens (including phenoxy) is 1. The molecule has 0 spiro atoms. The van der Waals surface area contributed by atoms with Crippen LogP contribution >= 0.6 is 11.6 Å². The van der Waals surface area contributed by atoms with Crippen LogP contribution in [0.4, 0.5) is 4.39 Å². The fourth-order valence-corrected chi connectivity index (χ4v) is 2.84. The zero-order chi connectivity index (χ0) is 21.0. The number of aryl methyl sites for hydroxylation is 1. The van der Waals surface area contributed by atoms with E-state index in [9.17, 15) is 14.0 Å². The minimum absolute atomic E-state index is 0.0667. The Balaban J connectivity index is 1.80. The summed E-state index contributed by atoms with van der Waals surface area (Å²) in [6, 6.07) is 10.4. The van der Waals surface area contributed by atoms with Gasteiger partial charge in [0.2, 0.25) is 0 Å². The number of carbonyl (C=O) groups excluding carboxylic acids is 2. The molecule has 1 N–H and O–H groups in total. The Morgan fingerprint density at radius 2 is 1.97 bits per heavy atom. The summed E-state index contributed by atoms with van der Waals surface area (Å²) >= 11 is 5.85. The molecule has 0 saturated heterocycles. The molecule has 0 fully saturated rings. The van der Waals surface area contributed by atoms with Crippen molar-refractivity contribution >= 4 is 23.3 Å². The second-order valence-corrected chi connectivity index (χ2v) is 6.58. The fourth-order valence-electron chi connectivity index (χ4n) is 2.66. The number of nitrogens with zero attached hydrogens (tertiary/aromatic N) is 2. The Bertz CT molecular complexity index is 1090. The van der Waals surface area contributed by atoms with Crippen LogP contribution in [0.1, 0.15) is 26.5 Å². The van der Waals surface area contributed by atoms with E-state index in [0.717, 1.165) is 0 Å². The summed E-state index contributed by atoms with van der Waals surface area (Å²) in [6.07, 6.45) is 1.52. The minimum atomic E-state index is -0.560. The van der Waals surface area contributed by atoms with Crippen LogP contribution in [0, 0.1) is 12.7 Å². The molecule has 0 saturated carbocycles. The van der Waals surface area contributed by atoms with Crippen LogP contribution < -0.4 is 10.1 Å². The lowest BCUT2D eigenvalue weighted by atomic mass is 10.1. The number of ketones is 1. The average molecular weight is 414 g/mol. The maximum Gasteiger partial charge on any atom is 0.251 e. The molecule has 3 rings (SSSR count). The van der Waals surface area contributed by atoms with Crippen molar-refractivity contribution < 1.29 is 18.7 Å². The number of hydrogen-bond acceptors (Lipinski definition) is 5. The predicted molar refractivity (Wildman–Crippen MR) is 107 cm³/mol. The van der Waals surface area contributed by atoms with Gasteiger partial charge in [-0.15, -0.1) is 0 Å². The summed E-state index contributed by atoms with van der Waals surface area (Å²) in [5.41, 5.74) is 2.08. The topological polar surface area (TPSA) is 81.2 Å². The van der Waals surface area contributed by atoms with Crippen molar-refractivity contribution in [3.05, 3.63) is 76.5 Å². The van der Waals surface area contributed by atoms with Crippen LogP contribution in [0.15, 0.2) is 48.7 Å². The highest BCUT2D eigenvalue weighted by atomic mass is 35.5. The first kappa shape index (κ1) is 20.4. The normalized spacial score (nSPS) is 10.5. The van der Waals surface area contributed by atoms with Gasteiger partial charge in [-0.3, -0.25) is 14.6 Å². The second kappa shape index (κ2) is 8.79. The zero-order valence-electron chi connectivity index (χ0n) is 15.7. The summed E-state index contributed by atoms with van der Waals surface area (Å²) in [4.78, 5) is 33.1. The van der Waals surface area contributed by atoms with Gasteiger partial charge in [-0.25, -0.2) is 9.37 Å². The highest BCUT2D eigenvalue weighted by Gasteiger charge is 2.16. The van der Waals surface area contributed by atoms with E-state index >= 15 is 0 Å². The van der Waals surface area contributed by atoms with E-state index in [-0.39, 0.29) is 29.0 Å². The maximum absolute atomic E-state index is 13.5. The molecule has 0 radical (unpaired) electrons. The fraction of sp³-hybridized carbons (Fsp3) is 0.143. The molecule has 8 heteroatoms. The summed E-state index contributed by atoms with van der Waals surface area (Å²) in [6.45, 7) is 1.54. The SMILES string of the molecule is COc1ccc(C(=O)CNC(=O)c2ccnc(C)c2)nc1-c1ccc(F)c(Cl)c1. The van der Waals surface area contributed by atoms with E-state index in [1.165, 1.54) is 37.6 Å². The molecular weight excluding hydrogens is 397 g/mol. The number of aromatic nitrogens is 2. The van der Waals surface area contributed by atoms with Crippen molar-refractivity contribution in [2.45, 2.75) is 6.92 Å². The highest BCUT2D eigenvalue weighted by Crippen LogP contribution is 2.30. The number of rotatable bonds is 6. The van der Waals surface area contributed by atoms with Gasteiger partial charge < -0.3 is 10.1 Å². The Labute approximate surface area is 171 Å². The molecule has 3 aromatic rings. The number of halogens is 2. The van der Waals surface area contributed by atoms with E-state index in [0.29, 0.717) is 28.3 Å². The summed E-state index contributed by atoms with van der Waals surface area (Å²) in [5.74, 6) is -0.930. The molecule has 1 amide bonds. The van der Waals surface area contributed by atoms with Crippen molar-refractivity contribution in [3.63, 3.8) is 0 Å². The van der Waals surface area contributed by atoms with Gasteiger partial charge in [0.25, 0.3) is 5.91 Å². The van der Waals surface area contributed by atoms with Gasteiger partial charge in [0.1, 0.15) is 23.0 Å². The van der Waals surface area contributed by atoms with Crippen molar-refractivity contribution in [1.29, 1.82) is 0 Å². The van der Waals surface area contributed by atoms with Gasteiger partial charge in [0.15, 0.2) is 5.78 Å². The van der Waals surface area contributed by atoms with Gasteiger partial charge in [-0.1, -0.05) is 11.6 Å². The van der Waals surface area contributed by atoms with Gasteiger partial charge >= 0.3 is 0 Å². The summed E-state index contributed by atoms with van der Waals surface area (Å²) in [7, 11) is 1.46. The lowest BCUT2D eigenvalue weighted by molar-refractivity contribution is 0.0902. The number of amides is 1. The molecule has 29 heavy (non-hydrogen) atoms. The lowest BCUT2D eigenvalue weighted by Gasteiger charge is -2.11. The summed E-state index contributed by atoms with van der Waals surface area (Å²) in [5, 5.41) is 2.50. The molecule has 6 nitrogen and oxygen atoms in total. The van der Waals surface area contributed by atoms with Gasteiger partial charge in [0.05, 0.1) is 18.7 Å². The molecule has 2 heterocycles. The third-order valence-corrected chi connectivity index (χ3v) is 4.41. The Hall–Kier alpha value is -3.32. The van der Waals surface area contributed by atoms with Gasteiger partial charge in [-0.05, 0) is 49.4 Å². The summed E-state index contributed by atoms with van der Waals surface area (Å²) < 4.78 is 18.7.